The Bertz CT molecular complexity index is 1080. The second-order valence-electron chi connectivity index (χ2n) is 9.94. The number of hydrogen-bond acceptors (Lipinski definition) is 5. The third-order valence-corrected chi connectivity index (χ3v) is 5.85. The number of carbonyl (C=O) groups excluding carboxylic acids is 3. The van der Waals surface area contributed by atoms with Crippen molar-refractivity contribution in [3.05, 3.63) is 65.7 Å². The lowest BCUT2D eigenvalue weighted by molar-refractivity contribution is -0.151. The van der Waals surface area contributed by atoms with Crippen LogP contribution in [0.5, 0.6) is 5.75 Å². The first-order chi connectivity index (χ1) is 16.6. The number of rotatable bonds is 6. The van der Waals surface area contributed by atoms with Gasteiger partial charge in [-0.25, -0.2) is 4.79 Å². The molecule has 35 heavy (non-hydrogen) atoms. The zero-order chi connectivity index (χ0) is 25.6. The minimum absolute atomic E-state index is 0.126. The van der Waals surface area contributed by atoms with Gasteiger partial charge in [-0.2, -0.15) is 0 Å². The Morgan fingerprint density at radius 1 is 1.11 bits per heavy atom. The van der Waals surface area contributed by atoms with Crippen LogP contribution < -0.4 is 10.1 Å². The molecule has 7 nitrogen and oxygen atoms in total. The molecule has 0 bridgehead atoms. The van der Waals surface area contributed by atoms with E-state index in [1.54, 1.807) is 51.1 Å². The fourth-order valence-electron chi connectivity index (χ4n) is 4.02. The summed E-state index contributed by atoms with van der Waals surface area (Å²) in [5.41, 5.74) is 0.958. The van der Waals surface area contributed by atoms with Crippen LogP contribution in [0, 0.1) is 23.7 Å². The van der Waals surface area contributed by atoms with Gasteiger partial charge in [-0.15, -0.1) is 6.42 Å². The van der Waals surface area contributed by atoms with Gasteiger partial charge in [0.1, 0.15) is 11.8 Å². The summed E-state index contributed by atoms with van der Waals surface area (Å²) in [6.07, 6.45) is 3.84. The van der Waals surface area contributed by atoms with Crippen LogP contribution in [0.4, 0.5) is 4.79 Å². The number of nitrogens with zero attached hydrogens (tertiary/aromatic N) is 1. The number of hydrogen-bond donors (Lipinski definition) is 1. The van der Waals surface area contributed by atoms with E-state index >= 15 is 0 Å². The van der Waals surface area contributed by atoms with Gasteiger partial charge >= 0.3 is 6.16 Å². The molecule has 2 aromatic carbocycles. The number of carbonyl (C=O) groups is 3. The summed E-state index contributed by atoms with van der Waals surface area (Å²) < 4.78 is 10.7. The second-order valence-corrected chi connectivity index (χ2v) is 9.94. The molecule has 0 spiro atoms. The maximum atomic E-state index is 13.6. The molecule has 1 saturated heterocycles. The molecule has 2 amide bonds. The Hall–Kier alpha value is -3.79. The van der Waals surface area contributed by atoms with Crippen molar-refractivity contribution in [3.63, 3.8) is 0 Å². The second kappa shape index (κ2) is 11.1. The van der Waals surface area contributed by atoms with Gasteiger partial charge in [-0.3, -0.25) is 9.59 Å². The SMILES string of the molecule is C#Cc1ccc(CNC(=O)[C@@H]2C[C@@H](C)CN2C(=O)[C@@H](OC(=O)Oc2ccccc2)C(C)(C)C)cc1. The quantitative estimate of drug-likeness (QED) is 0.385. The fraction of sp³-hybridized carbons (Fsp3) is 0.393. The monoisotopic (exact) mass is 476 g/mol. The molecule has 1 N–H and O–H groups in total. The number of nitrogens with one attached hydrogen (secondary N) is 1. The standard InChI is InChI=1S/C28H32N2O5/c1-6-20-12-14-21(15-13-20)17-29-25(31)23-16-19(2)18-30(23)26(32)24(28(3,4)5)35-27(33)34-22-10-8-7-9-11-22/h1,7-15,19,23-24H,16-18H2,2-5H3,(H,29,31)/t19-,23+,24-/m1/s1. The van der Waals surface area contributed by atoms with Crippen LogP contribution >= 0.6 is 0 Å². The van der Waals surface area contributed by atoms with E-state index in [4.69, 9.17) is 15.9 Å². The lowest BCUT2D eigenvalue weighted by Gasteiger charge is -2.34. The number of terminal acetylenes is 1. The van der Waals surface area contributed by atoms with Crippen molar-refractivity contribution < 1.29 is 23.9 Å². The van der Waals surface area contributed by atoms with Gasteiger partial charge < -0.3 is 19.7 Å². The number of ether oxygens (including phenoxy) is 2. The highest BCUT2D eigenvalue weighted by molar-refractivity contribution is 5.91. The highest BCUT2D eigenvalue weighted by Crippen LogP contribution is 2.30. The van der Waals surface area contributed by atoms with Crippen LogP contribution in [0.25, 0.3) is 0 Å². The molecule has 0 saturated carbocycles. The van der Waals surface area contributed by atoms with E-state index in [9.17, 15) is 14.4 Å². The Kier molecular flexibility index (Phi) is 8.18. The van der Waals surface area contributed by atoms with Gasteiger partial charge in [-0.1, -0.05) is 63.9 Å². The van der Waals surface area contributed by atoms with Crippen LogP contribution in [0.2, 0.25) is 0 Å². The van der Waals surface area contributed by atoms with E-state index in [1.165, 1.54) is 4.90 Å². The molecule has 0 unspecified atom stereocenters. The van der Waals surface area contributed by atoms with E-state index < -0.39 is 29.6 Å². The Labute approximate surface area is 206 Å². The first kappa shape index (κ1) is 25.8. The molecule has 0 radical (unpaired) electrons. The van der Waals surface area contributed by atoms with Crippen LogP contribution in [0.15, 0.2) is 54.6 Å². The van der Waals surface area contributed by atoms with Crippen molar-refractivity contribution in [2.45, 2.75) is 52.8 Å². The molecule has 1 aliphatic heterocycles. The van der Waals surface area contributed by atoms with Crippen molar-refractivity contribution in [3.8, 4) is 18.1 Å². The minimum atomic E-state index is -1.12. The molecule has 0 aliphatic carbocycles. The first-order valence-corrected chi connectivity index (χ1v) is 11.7. The van der Waals surface area contributed by atoms with E-state index in [0.29, 0.717) is 25.3 Å². The van der Waals surface area contributed by atoms with E-state index in [1.807, 2.05) is 31.2 Å². The number of para-hydroxylation sites is 1. The molecule has 3 atom stereocenters. The number of benzene rings is 2. The summed E-state index contributed by atoms with van der Waals surface area (Å²) in [5.74, 6) is 2.35. The van der Waals surface area contributed by atoms with Gasteiger partial charge in [0.05, 0.1) is 0 Å². The zero-order valence-corrected chi connectivity index (χ0v) is 20.6. The third-order valence-electron chi connectivity index (χ3n) is 5.85. The molecule has 1 aliphatic rings. The molecule has 0 aromatic heterocycles. The van der Waals surface area contributed by atoms with Gasteiger partial charge in [0.15, 0.2) is 6.10 Å². The zero-order valence-electron chi connectivity index (χ0n) is 20.6. The normalized spacial score (nSPS) is 18.3. The summed E-state index contributed by atoms with van der Waals surface area (Å²) >= 11 is 0. The highest BCUT2D eigenvalue weighted by atomic mass is 16.7. The predicted molar refractivity (Wildman–Crippen MR) is 132 cm³/mol. The summed E-state index contributed by atoms with van der Waals surface area (Å²) in [6, 6.07) is 15.2. The molecular formula is C28H32N2O5. The van der Waals surface area contributed by atoms with Gasteiger partial charge in [-0.05, 0) is 42.2 Å². The summed E-state index contributed by atoms with van der Waals surface area (Å²) in [4.78, 5) is 40.6. The van der Waals surface area contributed by atoms with E-state index in [-0.39, 0.29) is 11.8 Å². The summed E-state index contributed by atoms with van der Waals surface area (Å²) in [7, 11) is 0. The fourth-order valence-corrected chi connectivity index (χ4v) is 4.02. The van der Waals surface area contributed by atoms with E-state index in [0.717, 1.165) is 11.1 Å². The van der Waals surface area contributed by atoms with Crippen molar-refractivity contribution in [1.29, 1.82) is 0 Å². The van der Waals surface area contributed by atoms with Crippen molar-refractivity contribution in [1.82, 2.24) is 10.2 Å². The van der Waals surface area contributed by atoms with Crippen LogP contribution in [0.3, 0.4) is 0 Å². The Morgan fingerprint density at radius 2 is 1.77 bits per heavy atom. The van der Waals surface area contributed by atoms with Crippen LogP contribution in [-0.4, -0.2) is 41.6 Å². The highest BCUT2D eigenvalue weighted by Gasteiger charge is 2.45. The molecule has 7 heteroatoms. The molecule has 184 valence electrons. The maximum absolute atomic E-state index is 13.6. The molecular weight excluding hydrogens is 444 g/mol. The average Bonchev–Trinajstić information content (AvgIpc) is 3.22. The molecule has 3 rings (SSSR count). The van der Waals surface area contributed by atoms with Gasteiger partial charge in [0.2, 0.25) is 5.91 Å². The maximum Gasteiger partial charge on any atom is 0.514 e. The molecule has 2 aromatic rings. The van der Waals surface area contributed by atoms with Crippen molar-refractivity contribution in [2.75, 3.05) is 6.54 Å². The van der Waals surface area contributed by atoms with Crippen LogP contribution in [0.1, 0.15) is 45.2 Å². The summed E-state index contributed by atoms with van der Waals surface area (Å²) in [6.45, 7) is 8.12. The Balaban J connectivity index is 1.69. The minimum Gasteiger partial charge on any atom is -0.420 e. The third kappa shape index (κ3) is 6.86. The average molecular weight is 477 g/mol. The number of likely N-dealkylation sites (tertiary alicyclic amines) is 1. The van der Waals surface area contributed by atoms with Gasteiger partial charge in [0.25, 0.3) is 5.91 Å². The largest absolute Gasteiger partial charge is 0.514 e. The number of amides is 2. The Morgan fingerprint density at radius 3 is 2.37 bits per heavy atom. The van der Waals surface area contributed by atoms with Crippen LogP contribution in [-0.2, 0) is 20.9 Å². The lowest BCUT2D eigenvalue weighted by atomic mass is 9.88. The molecule has 1 fully saturated rings. The van der Waals surface area contributed by atoms with Gasteiger partial charge in [0, 0.05) is 24.1 Å². The first-order valence-electron chi connectivity index (χ1n) is 11.7. The topological polar surface area (TPSA) is 84.9 Å². The molecule has 1 heterocycles. The van der Waals surface area contributed by atoms with E-state index in [2.05, 4.69) is 11.2 Å². The predicted octanol–water partition coefficient (Wildman–Crippen LogP) is 4.15. The van der Waals surface area contributed by atoms with Crippen molar-refractivity contribution >= 4 is 18.0 Å². The lowest BCUT2D eigenvalue weighted by Crippen LogP contribution is -2.53. The van der Waals surface area contributed by atoms with Crippen molar-refractivity contribution in [2.24, 2.45) is 11.3 Å². The smallest absolute Gasteiger partial charge is 0.420 e. The summed E-state index contributed by atoms with van der Waals surface area (Å²) in [5, 5.41) is 2.92.